The maximum Gasteiger partial charge on any atom is 0.270 e. The van der Waals surface area contributed by atoms with Crippen molar-refractivity contribution in [1.29, 1.82) is 0 Å². The van der Waals surface area contributed by atoms with E-state index in [4.69, 9.17) is 0 Å². The zero-order valence-corrected chi connectivity index (χ0v) is 10.1. The lowest BCUT2D eigenvalue weighted by Gasteiger charge is -2.03. The Balaban J connectivity index is 2.02. The number of nitrogens with one attached hydrogen (secondary N) is 1. The van der Waals surface area contributed by atoms with E-state index in [0.717, 1.165) is 11.3 Å². The molecule has 0 spiro atoms. The van der Waals surface area contributed by atoms with Gasteiger partial charge >= 0.3 is 0 Å². The Labute approximate surface area is 104 Å². The molecule has 0 aromatic carbocycles. The summed E-state index contributed by atoms with van der Waals surface area (Å²) in [4.78, 5) is 15.2. The zero-order valence-electron chi connectivity index (χ0n) is 10.1. The van der Waals surface area contributed by atoms with Gasteiger partial charge in [-0.3, -0.25) is 9.48 Å². The number of hydrogen-bond donors (Lipinski definition) is 1. The maximum atomic E-state index is 12.9. The van der Waals surface area contributed by atoms with Crippen molar-refractivity contribution in [3.8, 4) is 0 Å². The molecule has 2 aromatic heterocycles. The number of aromatic nitrogens is 3. The molecule has 2 aromatic rings. The van der Waals surface area contributed by atoms with E-state index in [2.05, 4.69) is 15.4 Å². The lowest BCUT2D eigenvalue weighted by molar-refractivity contribution is 0.0944. The van der Waals surface area contributed by atoms with Crippen LogP contribution in [0.15, 0.2) is 24.4 Å². The first-order valence-electron chi connectivity index (χ1n) is 5.46. The lowest BCUT2D eigenvalue weighted by atomic mass is 10.2. The summed E-state index contributed by atoms with van der Waals surface area (Å²) < 4.78 is 14.5. The van der Waals surface area contributed by atoms with E-state index in [1.165, 1.54) is 18.2 Å². The summed E-state index contributed by atoms with van der Waals surface area (Å²) in [6.07, 6.45) is 1.83. The van der Waals surface area contributed by atoms with Crippen molar-refractivity contribution in [2.24, 2.45) is 7.05 Å². The van der Waals surface area contributed by atoms with Gasteiger partial charge < -0.3 is 5.32 Å². The van der Waals surface area contributed by atoms with E-state index in [9.17, 15) is 9.18 Å². The molecule has 94 valence electrons. The van der Waals surface area contributed by atoms with Gasteiger partial charge in [-0.05, 0) is 19.1 Å². The number of carbonyl (C=O) groups is 1. The van der Waals surface area contributed by atoms with Gasteiger partial charge in [-0.1, -0.05) is 6.07 Å². The molecule has 0 saturated carbocycles. The van der Waals surface area contributed by atoms with Crippen LogP contribution in [0.5, 0.6) is 0 Å². The van der Waals surface area contributed by atoms with Gasteiger partial charge in [0.15, 0.2) is 0 Å². The maximum absolute atomic E-state index is 12.9. The first-order chi connectivity index (χ1) is 8.56. The molecule has 0 bridgehead atoms. The van der Waals surface area contributed by atoms with Crippen LogP contribution in [0.1, 0.15) is 21.7 Å². The number of nitrogens with zero attached hydrogens (tertiary/aromatic N) is 3. The highest BCUT2D eigenvalue weighted by Gasteiger charge is 2.09. The second kappa shape index (κ2) is 4.95. The summed E-state index contributed by atoms with van der Waals surface area (Å²) in [5.41, 5.74) is 1.84. The van der Waals surface area contributed by atoms with E-state index >= 15 is 0 Å². The molecule has 0 unspecified atom stereocenters. The van der Waals surface area contributed by atoms with Crippen molar-refractivity contribution in [3.05, 3.63) is 47.3 Å². The molecule has 0 aliphatic heterocycles. The van der Waals surface area contributed by atoms with E-state index in [1.54, 1.807) is 4.68 Å². The largest absolute Gasteiger partial charge is 0.346 e. The van der Waals surface area contributed by atoms with Crippen LogP contribution in [-0.4, -0.2) is 20.7 Å². The average molecular weight is 248 g/mol. The van der Waals surface area contributed by atoms with Gasteiger partial charge in [0.1, 0.15) is 5.69 Å². The van der Waals surface area contributed by atoms with Gasteiger partial charge in [0.25, 0.3) is 5.91 Å². The second-order valence-electron chi connectivity index (χ2n) is 3.94. The Bertz CT molecular complexity index is 579. The fourth-order valence-corrected chi connectivity index (χ4v) is 1.62. The monoisotopic (exact) mass is 248 g/mol. The molecule has 2 heterocycles. The molecule has 18 heavy (non-hydrogen) atoms. The molecule has 0 saturated heterocycles. The SMILES string of the molecule is Cc1nn(C)cc1CNC(=O)c1cccc(F)n1. The first-order valence-corrected chi connectivity index (χ1v) is 5.46. The van der Waals surface area contributed by atoms with Gasteiger partial charge in [-0.15, -0.1) is 0 Å². The van der Waals surface area contributed by atoms with Gasteiger partial charge in [0, 0.05) is 25.4 Å². The van der Waals surface area contributed by atoms with Crippen molar-refractivity contribution < 1.29 is 9.18 Å². The predicted octanol–water partition coefficient (Wildman–Crippen LogP) is 1.19. The highest BCUT2D eigenvalue weighted by Crippen LogP contribution is 2.04. The fourth-order valence-electron chi connectivity index (χ4n) is 1.62. The summed E-state index contributed by atoms with van der Waals surface area (Å²) in [5, 5.41) is 6.84. The first kappa shape index (κ1) is 12.2. The second-order valence-corrected chi connectivity index (χ2v) is 3.94. The highest BCUT2D eigenvalue weighted by atomic mass is 19.1. The summed E-state index contributed by atoms with van der Waals surface area (Å²) in [6.45, 7) is 2.21. The topological polar surface area (TPSA) is 59.8 Å². The number of pyridine rings is 1. The predicted molar refractivity (Wildman–Crippen MR) is 63.3 cm³/mol. The molecular formula is C12H13FN4O. The molecule has 0 aliphatic rings. The number of amides is 1. The number of carbonyl (C=O) groups excluding carboxylic acids is 1. The molecule has 0 radical (unpaired) electrons. The van der Waals surface area contributed by atoms with Crippen LogP contribution in [0, 0.1) is 12.9 Å². The van der Waals surface area contributed by atoms with Gasteiger partial charge in [-0.25, -0.2) is 4.98 Å². The number of rotatable bonds is 3. The van der Waals surface area contributed by atoms with E-state index < -0.39 is 11.9 Å². The normalized spacial score (nSPS) is 10.4. The third-order valence-corrected chi connectivity index (χ3v) is 2.50. The van der Waals surface area contributed by atoms with Crippen molar-refractivity contribution in [1.82, 2.24) is 20.1 Å². The minimum Gasteiger partial charge on any atom is -0.346 e. The zero-order chi connectivity index (χ0) is 13.1. The lowest BCUT2D eigenvalue weighted by Crippen LogP contribution is -2.24. The van der Waals surface area contributed by atoms with Gasteiger partial charge in [0.2, 0.25) is 5.95 Å². The van der Waals surface area contributed by atoms with Gasteiger partial charge in [0.05, 0.1) is 5.69 Å². The molecule has 0 aliphatic carbocycles. The molecule has 0 atom stereocenters. The molecule has 0 fully saturated rings. The smallest absolute Gasteiger partial charge is 0.270 e. The number of hydrogen-bond acceptors (Lipinski definition) is 3. The highest BCUT2D eigenvalue weighted by molar-refractivity contribution is 5.92. The summed E-state index contributed by atoms with van der Waals surface area (Å²) in [7, 11) is 1.81. The summed E-state index contributed by atoms with van der Waals surface area (Å²) in [6, 6.07) is 4.11. The molecule has 1 amide bonds. The molecular weight excluding hydrogens is 235 g/mol. The quantitative estimate of drug-likeness (QED) is 0.830. The number of aryl methyl sites for hydroxylation is 2. The number of halogens is 1. The van der Waals surface area contributed by atoms with Crippen LogP contribution in [0.2, 0.25) is 0 Å². The Morgan fingerprint density at radius 2 is 2.28 bits per heavy atom. The van der Waals surface area contributed by atoms with E-state index in [0.29, 0.717) is 6.54 Å². The van der Waals surface area contributed by atoms with Crippen LogP contribution in [0.4, 0.5) is 4.39 Å². The molecule has 6 heteroatoms. The molecule has 5 nitrogen and oxygen atoms in total. The Morgan fingerprint density at radius 3 is 2.89 bits per heavy atom. The standard InChI is InChI=1S/C12H13FN4O/c1-8-9(7-17(2)16-8)6-14-12(18)10-4-3-5-11(13)15-10/h3-5,7H,6H2,1-2H3,(H,14,18). The van der Waals surface area contributed by atoms with Crippen LogP contribution < -0.4 is 5.32 Å². The third-order valence-electron chi connectivity index (χ3n) is 2.50. The average Bonchev–Trinajstić information content (AvgIpc) is 2.65. The van der Waals surface area contributed by atoms with E-state index in [-0.39, 0.29) is 5.69 Å². The summed E-state index contributed by atoms with van der Waals surface area (Å²) in [5.74, 6) is -1.07. The van der Waals surface area contributed by atoms with Crippen molar-refractivity contribution in [3.63, 3.8) is 0 Å². The molecule has 1 N–H and O–H groups in total. The van der Waals surface area contributed by atoms with Gasteiger partial charge in [-0.2, -0.15) is 9.49 Å². The van der Waals surface area contributed by atoms with Crippen LogP contribution in [-0.2, 0) is 13.6 Å². The van der Waals surface area contributed by atoms with Crippen molar-refractivity contribution in [2.45, 2.75) is 13.5 Å². The Hall–Kier alpha value is -2.24. The minimum atomic E-state index is -0.666. The van der Waals surface area contributed by atoms with Crippen molar-refractivity contribution >= 4 is 5.91 Å². The summed E-state index contributed by atoms with van der Waals surface area (Å²) >= 11 is 0. The fraction of sp³-hybridized carbons (Fsp3) is 0.250. The Morgan fingerprint density at radius 1 is 1.50 bits per heavy atom. The van der Waals surface area contributed by atoms with E-state index in [1.807, 2.05) is 20.2 Å². The molecule has 2 rings (SSSR count). The Kier molecular flexibility index (Phi) is 3.36. The third kappa shape index (κ3) is 2.71. The van der Waals surface area contributed by atoms with Crippen molar-refractivity contribution in [2.75, 3.05) is 0 Å². The van der Waals surface area contributed by atoms with Crippen LogP contribution in [0.3, 0.4) is 0 Å². The van der Waals surface area contributed by atoms with Crippen LogP contribution in [0.25, 0.3) is 0 Å². The minimum absolute atomic E-state index is 0.0662. The van der Waals surface area contributed by atoms with Crippen LogP contribution >= 0.6 is 0 Å².